The minimum atomic E-state index is -0.849. The van der Waals surface area contributed by atoms with Crippen LogP contribution in [0.15, 0.2) is 36.4 Å². The second kappa shape index (κ2) is 100. The third-order valence-corrected chi connectivity index (χ3v) is 24.7. The Labute approximate surface area is 815 Å². The SMILES string of the molecule is C#COC(=O)CCCC(=O)OCC.C#[N+]C(=O)NCC(CCCCC)CC(CCCCC)C(N)=O.CCCCCC(CC(CCCCC)C(=O)O)C(=O)O.CCCCCC(CC(CCCCC)C(=O)O)C(N)=O.CCCCCC(CCl)CC(CCCCC)C(N)=O.CCCCCC(CN)CC(CCCCC)C(N)=O.CCCCCC1CC(CCCCC)C(=O)OC1=O.[HH].[HH].c1ccccc1. The summed E-state index contributed by atoms with van der Waals surface area (Å²) in [7, 11) is 0. The molecule has 12 unspecified atom stereocenters. The number of terminal acetylenes is 1. The number of hydrogen-bond donors (Lipinski definition) is 9. The van der Waals surface area contributed by atoms with Crippen molar-refractivity contribution in [2.24, 2.45) is 99.7 Å². The van der Waals surface area contributed by atoms with Gasteiger partial charge in [-0.15, -0.1) is 16.4 Å². The number of carboxylic acid groups (broad SMARTS) is 3. The number of nitrogens with zero attached hydrogens (tertiary/aromatic N) is 1. The predicted octanol–water partition coefficient (Wildman–Crippen LogP) is 25.8. The fraction of sp³-hybridized carbons (Fsp3) is 0.804. The predicted molar refractivity (Wildman–Crippen MR) is 548 cm³/mol. The van der Waals surface area contributed by atoms with Crippen molar-refractivity contribution in [1.29, 1.82) is 0 Å². The fourth-order valence-electron chi connectivity index (χ4n) is 15.8. The number of nitrogens with two attached hydrogens (primary N) is 5. The van der Waals surface area contributed by atoms with Gasteiger partial charge in [0.1, 0.15) is 12.7 Å². The van der Waals surface area contributed by atoms with Crippen molar-refractivity contribution < 1.29 is 89.9 Å². The Bertz CT molecular complexity index is 2910. The number of unbranched alkanes of at least 4 members (excludes halogenated alkanes) is 24. The molecule has 6 amide bonds. The molecule has 0 bridgehead atoms. The average molecular weight is 1910 g/mol. The van der Waals surface area contributed by atoms with Crippen molar-refractivity contribution in [2.45, 2.75) is 456 Å². The third-order valence-electron chi connectivity index (χ3n) is 24.3. The van der Waals surface area contributed by atoms with E-state index in [4.69, 9.17) is 58.0 Å². The Hall–Kier alpha value is -7.64. The minimum absolute atomic E-state index is 0. The second-order valence-electron chi connectivity index (χ2n) is 36.2. The van der Waals surface area contributed by atoms with Crippen LogP contribution in [0.1, 0.15) is 459 Å². The molecule has 1 heterocycles. The number of carbonyl (C=O) groups is 12. The van der Waals surface area contributed by atoms with Crippen molar-refractivity contribution in [2.75, 3.05) is 25.6 Å². The molecule has 1 aromatic rings. The van der Waals surface area contributed by atoms with Crippen molar-refractivity contribution in [1.82, 2.24) is 5.32 Å². The smallest absolute Gasteiger partial charge is 0.481 e. The summed E-state index contributed by atoms with van der Waals surface area (Å²) in [4.78, 5) is 139. The van der Waals surface area contributed by atoms with Crippen LogP contribution in [0.25, 0.3) is 4.85 Å². The number of aliphatic carboxylic acids is 3. The number of hydrogen-bond acceptors (Lipinski definition) is 16. The normalized spacial score (nSPS) is 14.5. The molecule has 1 aromatic carbocycles. The van der Waals surface area contributed by atoms with E-state index in [1.165, 1.54) is 64.2 Å². The van der Waals surface area contributed by atoms with Gasteiger partial charge in [-0.2, -0.15) is 4.79 Å². The molecule has 1 aliphatic rings. The van der Waals surface area contributed by atoms with E-state index in [0.717, 1.165) is 244 Å². The molecule has 0 aliphatic carbocycles. The molecule has 1 aliphatic heterocycles. The summed E-state index contributed by atoms with van der Waals surface area (Å²) >= 11 is 6.00. The number of amides is 6. The van der Waals surface area contributed by atoms with Crippen LogP contribution in [0.2, 0.25) is 0 Å². The molecular weight excluding hydrogens is 1710 g/mol. The monoisotopic (exact) mass is 1910 g/mol. The van der Waals surface area contributed by atoms with Gasteiger partial charge in [0.15, 0.2) is 0 Å². The number of primary amides is 4. The van der Waals surface area contributed by atoms with Gasteiger partial charge in [0.2, 0.25) is 23.6 Å². The Morgan fingerprint density at radius 3 is 0.947 bits per heavy atom. The second-order valence-corrected chi connectivity index (χ2v) is 36.5. The largest absolute Gasteiger partial charge is 0.597 e. The first-order valence-corrected chi connectivity index (χ1v) is 52.7. The number of urea groups is 1. The van der Waals surface area contributed by atoms with Crippen LogP contribution in [0, 0.1) is 90.1 Å². The van der Waals surface area contributed by atoms with Crippen LogP contribution >= 0.6 is 11.6 Å². The van der Waals surface area contributed by atoms with Crippen LogP contribution in [-0.4, -0.2) is 112 Å². The van der Waals surface area contributed by atoms with Gasteiger partial charge < -0.3 is 58.2 Å². The van der Waals surface area contributed by atoms with E-state index in [-0.39, 0.29) is 105 Å². The number of benzene rings is 1. The number of esters is 4. The molecule has 26 heteroatoms. The van der Waals surface area contributed by atoms with Gasteiger partial charge >= 0.3 is 47.8 Å². The van der Waals surface area contributed by atoms with E-state index in [0.29, 0.717) is 75.9 Å². The van der Waals surface area contributed by atoms with Crippen molar-refractivity contribution in [3.05, 3.63) is 41.2 Å². The third kappa shape index (κ3) is 88.1. The first-order chi connectivity index (χ1) is 63.8. The summed E-state index contributed by atoms with van der Waals surface area (Å²) in [6, 6.07) is 11.5. The molecule has 2 rings (SSSR count). The van der Waals surface area contributed by atoms with E-state index in [2.05, 4.69) is 103 Å². The number of alkyl halides is 1. The van der Waals surface area contributed by atoms with Crippen LogP contribution in [0.4, 0.5) is 4.79 Å². The topological polar surface area (TPSA) is 440 Å². The zero-order valence-electron chi connectivity index (χ0n) is 85.9. The zero-order valence-corrected chi connectivity index (χ0v) is 86.6. The number of ether oxygens (including phenoxy) is 3. The number of cyclic esters (lactones) is 2. The Morgan fingerprint density at radius 1 is 0.406 bits per heavy atom. The number of carboxylic acids is 3. The number of halogens is 1. The summed E-state index contributed by atoms with van der Waals surface area (Å²) in [5.74, 6) is -4.75. The van der Waals surface area contributed by atoms with E-state index in [1.807, 2.05) is 36.4 Å². The molecule has 0 saturated carbocycles. The summed E-state index contributed by atoms with van der Waals surface area (Å²) in [5.41, 5.74) is 27.7. The van der Waals surface area contributed by atoms with Crippen LogP contribution < -0.4 is 34.0 Å². The highest BCUT2D eigenvalue weighted by molar-refractivity contribution is 6.18. The van der Waals surface area contributed by atoms with E-state index in [9.17, 15) is 72.9 Å². The maximum atomic E-state index is 11.6. The van der Waals surface area contributed by atoms with Gasteiger partial charge in [-0.25, -0.2) is 5.32 Å². The highest BCUT2D eigenvalue weighted by Crippen LogP contribution is 2.32. The van der Waals surface area contributed by atoms with Crippen molar-refractivity contribution in [3.8, 4) is 19.1 Å². The summed E-state index contributed by atoms with van der Waals surface area (Å²) < 4.78 is 13.8. The molecule has 776 valence electrons. The quantitative estimate of drug-likeness (QED) is 0.00730. The van der Waals surface area contributed by atoms with Gasteiger partial charge in [0.25, 0.3) is 0 Å². The maximum Gasteiger partial charge on any atom is 0.597 e. The maximum absolute atomic E-state index is 11.6. The number of rotatable bonds is 74. The highest BCUT2D eigenvalue weighted by Gasteiger charge is 2.36. The lowest BCUT2D eigenvalue weighted by atomic mass is 9.85. The average Bonchev–Trinajstić information content (AvgIpc) is 0.844. The van der Waals surface area contributed by atoms with E-state index >= 15 is 0 Å². The van der Waals surface area contributed by atoms with E-state index in [1.54, 1.807) is 13.0 Å². The highest BCUT2D eigenvalue weighted by atomic mass is 35.5. The van der Waals surface area contributed by atoms with Gasteiger partial charge in [-0.3, -0.25) is 52.7 Å². The molecule has 0 radical (unpaired) electrons. The molecule has 0 spiro atoms. The van der Waals surface area contributed by atoms with Gasteiger partial charge in [0.05, 0.1) is 42.7 Å². The van der Waals surface area contributed by atoms with Gasteiger partial charge in [0, 0.05) is 45.2 Å². The lowest BCUT2D eigenvalue weighted by Crippen LogP contribution is -2.34. The lowest BCUT2D eigenvalue weighted by Gasteiger charge is -2.26. The molecule has 14 N–H and O–H groups in total. The molecule has 25 nitrogen and oxygen atoms in total. The molecular formula is C107H199ClN7O18+. The Morgan fingerprint density at radius 2 is 0.669 bits per heavy atom. The first kappa shape index (κ1) is 136. The molecule has 0 aromatic heterocycles. The first-order valence-electron chi connectivity index (χ1n) is 52.2. The minimum Gasteiger partial charge on any atom is -0.481 e. The standard InChI is InChI=1S/C17H31N3O2.C15H30ClNO.C15H32N2O.C15H29NO3.C15H28O4.C15H26O3.C9H12O4.C6H6.2H2/c1-4-6-8-10-14(13-20-17(22)19-3)12-15(16(18)21)11-9-7-5-2;2*1-3-5-7-9-13(12-16)11-14(15(17)18)10-8-6-4-2;2*1-3-5-7-9-12(14(16)17)11-13(15(18)19)10-8-6-4-2;1-3-5-7-9-12-11-13(10-8-6-4-2)15(17)18-14(12)16;1-3-12-8(10)6-5-7-9(11)13-4-2;1-2-4-6-5-3-1;;/h3,14-15H,4-13H2,1-2H3,(H2-,18,20,21,22);13-14H,3-12H2,1-2H3,(H2,17,18);13-14H,3-12,16H2,1-2H3,(H2,17,18);12-13H,3-11H2,1-2H3,(H2,16,17)(H,18,19);12-13H,3-11H2,1-2H3,(H,16,17)(H,18,19);12-13H,3-11H2,1-2H3;1H,4-7H2,2H3;1-6H;2*1H/p+1. The lowest BCUT2D eigenvalue weighted by molar-refractivity contribution is -0.172. The molecule has 133 heavy (non-hydrogen) atoms. The van der Waals surface area contributed by atoms with Crippen LogP contribution in [0.3, 0.4) is 0 Å². The van der Waals surface area contributed by atoms with Crippen LogP contribution in [0.5, 0.6) is 0 Å². The summed E-state index contributed by atoms with van der Waals surface area (Å²) in [5, 5.41) is 30.3. The molecule has 1 fully saturated rings. The molecule has 1 saturated heterocycles. The van der Waals surface area contributed by atoms with Crippen molar-refractivity contribution >= 4 is 83.0 Å². The number of nitrogens with one attached hydrogen (secondary N) is 1. The summed E-state index contributed by atoms with van der Waals surface area (Å²) in [6.45, 7) is 33.9. The fourth-order valence-corrected chi connectivity index (χ4v) is 16.1. The van der Waals surface area contributed by atoms with Gasteiger partial charge in [-0.1, -0.05) is 357 Å². The van der Waals surface area contributed by atoms with Gasteiger partial charge in [-0.05, 0) is 153 Å². The number of carbonyl (C=O) groups excluding carboxylic acids is 9. The Kier molecular flexibility index (Phi) is 103. The zero-order chi connectivity index (χ0) is 101. The summed E-state index contributed by atoms with van der Waals surface area (Å²) in [6.07, 6.45) is 61.2. The molecule has 12 atom stereocenters. The van der Waals surface area contributed by atoms with Crippen LogP contribution in [-0.2, 0) is 67.0 Å². The van der Waals surface area contributed by atoms with E-state index < -0.39 is 47.7 Å². The Balaban J connectivity index is -0.000000230. The van der Waals surface area contributed by atoms with Crippen molar-refractivity contribution in [3.63, 3.8) is 0 Å².